The molecule has 4 nitrogen and oxygen atoms in total. The van der Waals surface area contributed by atoms with Crippen molar-refractivity contribution in [2.45, 2.75) is 36.1 Å². The van der Waals surface area contributed by atoms with Crippen molar-refractivity contribution < 1.29 is 8.42 Å². The third kappa shape index (κ3) is 3.42. The van der Waals surface area contributed by atoms with Crippen LogP contribution in [0.2, 0.25) is 0 Å². The van der Waals surface area contributed by atoms with Gasteiger partial charge >= 0.3 is 0 Å². The lowest BCUT2D eigenvalue weighted by Crippen LogP contribution is -2.50. The van der Waals surface area contributed by atoms with Crippen molar-refractivity contribution >= 4 is 26.0 Å². The summed E-state index contributed by atoms with van der Waals surface area (Å²) in [4.78, 5) is 2.47. The molecule has 0 atom stereocenters. The fourth-order valence-corrected chi connectivity index (χ4v) is 4.13. The topological polar surface area (TPSA) is 49.4 Å². The van der Waals surface area contributed by atoms with Gasteiger partial charge in [-0.05, 0) is 51.2 Å². The number of likely N-dealkylation sites (N-methyl/N-ethyl adjacent to an activating group) is 1. The molecule has 0 spiro atoms. The maximum atomic E-state index is 12.3. The van der Waals surface area contributed by atoms with Crippen LogP contribution in [0, 0.1) is 0 Å². The highest BCUT2D eigenvalue weighted by molar-refractivity contribution is 9.10. The summed E-state index contributed by atoms with van der Waals surface area (Å²) in [5.41, 5.74) is -0.0393. The fraction of sp³-hybridized carbons (Fsp3) is 0.571. The van der Waals surface area contributed by atoms with Gasteiger partial charge in [-0.1, -0.05) is 28.8 Å². The SMILES string of the molecule is CN(C)C1(CNS(=O)(=O)c2ccc(Br)cc2)CCCC1. The smallest absolute Gasteiger partial charge is 0.240 e. The predicted molar refractivity (Wildman–Crippen MR) is 84.2 cm³/mol. The van der Waals surface area contributed by atoms with E-state index >= 15 is 0 Å². The zero-order chi connectivity index (χ0) is 14.8. The largest absolute Gasteiger partial charge is 0.302 e. The van der Waals surface area contributed by atoms with E-state index in [1.807, 2.05) is 14.1 Å². The van der Waals surface area contributed by atoms with E-state index in [2.05, 4.69) is 25.6 Å². The molecule has 1 saturated carbocycles. The van der Waals surface area contributed by atoms with Gasteiger partial charge in [-0.15, -0.1) is 0 Å². The summed E-state index contributed by atoms with van der Waals surface area (Å²) in [5.74, 6) is 0. The van der Waals surface area contributed by atoms with Gasteiger partial charge < -0.3 is 4.90 Å². The van der Waals surface area contributed by atoms with E-state index in [1.54, 1.807) is 24.3 Å². The molecule has 112 valence electrons. The lowest BCUT2D eigenvalue weighted by atomic mass is 9.97. The van der Waals surface area contributed by atoms with E-state index in [-0.39, 0.29) is 5.54 Å². The van der Waals surface area contributed by atoms with Crippen LogP contribution in [0.25, 0.3) is 0 Å². The van der Waals surface area contributed by atoms with Crippen LogP contribution in [-0.2, 0) is 10.0 Å². The van der Waals surface area contributed by atoms with Crippen molar-refractivity contribution in [1.29, 1.82) is 0 Å². The summed E-state index contributed by atoms with van der Waals surface area (Å²) in [6, 6.07) is 6.71. The van der Waals surface area contributed by atoms with Crippen LogP contribution >= 0.6 is 15.9 Å². The zero-order valence-electron chi connectivity index (χ0n) is 11.9. The van der Waals surface area contributed by atoms with Gasteiger partial charge in [0, 0.05) is 16.6 Å². The molecule has 0 radical (unpaired) electrons. The third-order valence-corrected chi connectivity index (χ3v) is 6.14. The number of nitrogens with zero attached hydrogens (tertiary/aromatic N) is 1. The summed E-state index contributed by atoms with van der Waals surface area (Å²) >= 11 is 3.31. The Balaban J connectivity index is 2.11. The van der Waals surface area contributed by atoms with Crippen molar-refractivity contribution in [2.75, 3.05) is 20.6 Å². The third-order valence-electron chi connectivity index (χ3n) is 4.20. The molecule has 0 amide bonds. The Morgan fingerprint density at radius 2 is 1.75 bits per heavy atom. The highest BCUT2D eigenvalue weighted by atomic mass is 79.9. The minimum atomic E-state index is -3.43. The molecule has 1 aromatic carbocycles. The van der Waals surface area contributed by atoms with Gasteiger partial charge in [0.15, 0.2) is 0 Å². The average molecular weight is 361 g/mol. The molecular weight excluding hydrogens is 340 g/mol. The maximum absolute atomic E-state index is 12.3. The van der Waals surface area contributed by atoms with Gasteiger partial charge in [0.25, 0.3) is 0 Å². The molecule has 0 unspecified atom stereocenters. The van der Waals surface area contributed by atoms with Gasteiger partial charge in [-0.25, -0.2) is 13.1 Å². The van der Waals surface area contributed by atoms with Crippen molar-refractivity contribution in [2.24, 2.45) is 0 Å². The second-order valence-electron chi connectivity index (χ2n) is 5.60. The van der Waals surface area contributed by atoms with Crippen molar-refractivity contribution in [3.8, 4) is 0 Å². The molecule has 0 aliphatic heterocycles. The second kappa shape index (κ2) is 6.13. The van der Waals surface area contributed by atoms with Gasteiger partial charge in [-0.3, -0.25) is 0 Å². The number of benzene rings is 1. The molecule has 6 heteroatoms. The van der Waals surface area contributed by atoms with E-state index in [4.69, 9.17) is 0 Å². The number of hydrogen-bond donors (Lipinski definition) is 1. The van der Waals surface area contributed by atoms with Crippen LogP contribution in [0.5, 0.6) is 0 Å². The van der Waals surface area contributed by atoms with Crippen molar-refractivity contribution in [1.82, 2.24) is 9.62 Å². The number of hydrogen-bond acceptors (Lipinski definition) is 3. The highest BCUT2D eigenvalue weighted by Crippen LogP contribution is 2.33. The summed E-state index contributed by atoms with van der Waals surface area (Å²) in [6.45, 7) is 0.471. The summed E-state index contributed by atoms with van der Waals surface area (Å²) < 4.78 is 28.3. The lowest BCUT2D eigenvalue weighted by molar-refractivity contribution is 0.162. The molecule has 0 saturated heterocycles. The van der Waals surface area contributed by atoms with E-state index in [1.165, 1.54) is 0 Å². The first-order valence-corrected chi connectivity index (χ1v) is 9.06. The minimum Gasteiger partial charge on any atom is -0.302 e. The average Bonchev–Trinajstić information content (AvgIpc) is 2.87. The van der Waals surface area contributed by atoms with Crippen LogP contribution in [0.1, 0.15) is 25.7 Å². The molecule has 1 aliphatic carbocycles. The molecular formula is C14H21BrN2O2S. The lowest BCUT2D eigenvalue weighted by Gasteiger charge is -2.36. The molecule has 0 aromatic heterocycles. The van der Waals surface area contributed by atoms with Crippen LogP contribution < -0.4 is 4.72 Å². The van der Waals surface area contributed by atoms with Crippen LogP contribution in [0.4, 0.5) is 0 Å². The van der Waals surface area contributed by atoms with Crippen LogP contribution in [0.15, 0.2) is 33.6 Å². The van der Waals surface area contributed by atoms with Gasteiger partial charge in [0.05, 0.1) is 4.90 Å². The molecule has 0 bridgehead atoms. The molecule has 2 rings (SSSR count). The normalized spacial score (nSPS) is 18.6. The van der Waals surface area contributed by atoms with Crippen molar-refractivity contribution in [3.63, 3.8) is 0 Å². The zero-order valence-corrected chi connectivity index (χ0v) is 14.3. The van der Waals surface area contributed by atoms with Crippen molar-refractivity contribution in [3.05, 3.63) is 28.7 Å². The first-order valence-electron chi connectivity index (χ1n) is 6.78. The first kappa shape index (κ1) is 15.9. The summed E-state index contributed by atoms with van der Waals surface area (Å²) in [6.07, 6.45) is 4.42. The number of halogens is 1. The standard InChI is InChI=1S/C14H21BrN2O2S/c1-17(2)14(9-3-4-10-14)11-16-20(18,19)13-7-5-12(15)6-8-13/h5-8,16H,3-4,9-11H2,1-2H3. The highest BCUT2D eigenvalue weighted by Gasteiger charge is 2.36. The monoisotopic (exact) mass is 360 g/mol. The molecule has 1 N–H and O–H groups in total. The minimum absolute atomic E-state index is 0.0393. The Morgan fingerprint density at radius 1 is 1.20 bits per heavy atom. The van der Waals surface area contributed by atoms with E-state index in [0.717, 1.165) is 30.2 Å². The van der Waals surface area contributed by atoms with Gasteiger partial charge in [-0.2, -0.15) is 0 Å². The second-order valence-corrected chi connectivity index (χ2v) is 8.29. The summed E-state index contributed by atoms with van der Waals surface area (Å²) in [7, 11) is 0.620. The van der Waals surface area contributed by atoms with E-state index in [9.17, 15) is 8.42 Å². The number of rotatable bonds is 5. The van der Waals surface area contributed by atoms with Crippen LogP contribution in [-0.4, -0.2) is 39.5 Å². The Morgan fingerprint density at radius 3 is 2.25 bits per heavy atom. The Kier molecular flexibility index (Phi) is 4.89. The molecule has 1 aromatic rings. The van der Waals surface area contributed by atoms with Gasteiger partial charge in [0.2, 0.25) is 10.0 Å². The quantitative estimate of drug-likeness (QED) is 0.877. The Hall–Kier alpha value is -0.430. The van der Waals surface area contributed by atoms with E-state index < -0.39 is 10.0 Å². The number of sulfonamides is 1. The Bertz CT molecular complexity index is 549. The fourth-order valence-electron chi connectivity index (χ4n) is 2.74. The predicted octanol–water partition coefficient (Wildman–Crippen LogP) is 2.60. The van der Waals surface area contributed by atoms with Gasteiger partial charge in [0.1, 0.15) is 0 Å². The molecule has 1 aliphatic rings. The molecule has 1 fully saturated rings. The van der Waals surface area contributed by atoms with Crippen LogP contribution in [0.3, 0.4) is 0 Å². The maximum Gasteiger partial charge on any atom is 0.240 e. The number of nitrogens with one attached hydrogen (secondary N) is 1. The molecule has 0 heterocycles. The molecule has 20 heavy (non-hydrogen) atoms. The summed E-state index contributed by atoms with van der Waals surface area (Å²) in [5, 5.41) is 0. The van der Waals surface area contributed by atoms with E-state index in [0.29, 0.717) is 11.4 Å². The Labute approximate surface area is 129 Å². The first-order chi connectivity index (χ1) is 9.36.